The van der Waals surface area contributed by atoms with Crippen LogP contribution < -0.4 is 5.32 Å². The van der Waals surface area contributed by atoms with Crippen molar-refractivity contribution < 1.29 is 19.4 Å². The van der Waals surface area contributed by atoms with Gasteiger partial charge in [-0.2, -0.15) is 0 Å². The first-order chi connectivity index (χ1) is 8.98. The van der Waals surface area contributed by atoms with Gasteiger partial charge in [0.2, 0.25) is 0 Å². The van der Waals surface area contributed by atoms with Crippen LogP contribution in [0.4, 0.5) is 5.82 Å². The van der Waals surface area contributed by atoms with E-state index in [-0.39, 0.29) is 5.69 Å². The van der Waals surface area contributed by atoms with Gasteiger partial charge in [0.05, 0.1) is 12.7 Å². The summed E-state index contributed by atoms with van der Waals surface area (Å²) in [6.07, 6.45) is 0.504. The van der Waals surface area contributed by atoms with Crippen molar-refractivity contribution in [1.29, 1.82) is 0 Å². The second-order valence-corrected chi connectivity index (χ2v) is 4.39. The van der Waals surface area contributed by atoms with Gasteiger partial charge in [0.1, 0.15) is 5.82 Å². The fraction of sp³-hybridized carbons (Fsp3) is 0.583. The maximum atomic E-state index is 11.2. The van der Waals surface area contributed by atoms with E-state index in [1.807, 2.05) is 0 Å². The van der Waals surface area contributed by atoms with Crippen LogP contribution in [0.25, 0.3) is 0 Å². The average Bonchev–Trinajstić information content (AvgIpc) is 2.43. The van der Waals surface area contributed by atoms with E-state index in [1.165, 1.54) is 13.2 Å². The topological polar surface area (TPSA) is 93.6 Å². The maximum Gasteiger partial charge on any atom is 0.358 e. The van der Waals surface area contributed by atoms with Crippen LogP contribution in [-0.4, -0.2) is 54.2 Å². The van der Waals surface area contributed by atoms with E-state index >= 15 is 0 Å². The van der Waals surface area contributed by atoms with E-state index in [0.717, 1.165) is 0 Å². The van der Waals surface area contributed by atoms with Crippen LogP contribution >= 0.6 is 0 Å². The number of methoxy groups -OCH3 is 2. The lowest BCUT2D eigenvalue weighted by Crippen LogP contribution is -2.34. The van der Waals surface area contributed by atoms with Crippen LogP contribution in [0.3, 0.4) is 0 Å². The molecule has 1 aromatic heterocycles. The summed E-state index contributed by atoms with van der Waals surface area (Å²) >= 11 is 0. The molecule has 0 radical (unpaired) electrons. The summed E-state index contributed by atoms with van der Waals surface area (Å²) in [7, 11) is 2.86. The fourth-order valence-electron chi connectivity index (χ4n) is 1.33. The third-order valence-corrected chi connectivity index (χ3v) is 2.55. The number of nitrogens with one attached hydrogen (secondary N) is 1. The Morgan fingerprint density at radius 2 is 2.16 bits per heavy atom. The van der Waals surface area contributed by atoms with Gasteiger partial charge in [-0.15, -0.1) is 10.2 Å². The Morgan fingerprint density at radius 3 is 2.68 bits per heavy atom. The number of rotatable bonds is 7. The van der Waals surface area contributed by atoms with E-state index in [4.69, 9.17) is 4.74 Å². The first-order valence-corrected chi connectivity index (χ1v) is 5.86. The molecule has 0 aliphatic carbocycles. The zero-order chi connectivity index (χ0) is 14.3. The molecule has 7 nitrogen and oxygen atoms in total. The standard InChI is InChI=1S/C12H19N3O4/c1-12(17,6-7-18-2)8-13-10-5-4-9(14-15-10)11(16)19-3/h4-5,17H,6-8H2,1-3H3,(H,13,15). The lowest BCUT2D eigenvalue weighted by atomic mass is 10.0. The minimum Gasteiger partial charge on any atom is -0.464 e. The number of aliphatic hydroxyl groups is 1. The Balaban J connectivity index is 2.52. The number of ether oxygens (including phenoxy) is 2. The van der Waals surface area contributed by atoms with Crippen LogP contribution in [0.5, 0.6) is 0 Å². The minimum atomic E-state index is -0.904. The third kappa shape index (κ3) is 5.19. The van der Waals surface area contributed by atoms with Gasteiger partial charge in [0, 0.05) is 26.7 Å². The highest BCUT2D eigenvalue weighted by Crippen LogP contribution is 2.11. The number of carbonyl (C=O) groups is 1. The van der Waals surface area contributed by atoms with Crippen molar-refractivity contribution in [2.75, 3.05) is 32.7 Å². The van der Waals surface area contributed by atoms with Gasteiger partial charge in [0.25, 0.3) is 0 Å². The molecule has 0 amide bonds. The van der Waals surface area contributed by atoms with Gasteiger partial charge < -0.3 is 19.9 Å². The Morgan fingerprint density at radius 1 is 1.42 bits per heavy atom. The first kappa shape index (κ1) is 15.3. The summed E-state index contributed by atoms with van der Waals surface area (Å²) in [6, 6.07) is 3.11. The van der Waals surface area contributed by atoms with Crippen LogP contribution in [0.2, 0.25) is 0 Å². The van der Waals surface area contributed by atoms with E-state index in [0.29, 0.717) is 25.4 Å². The second-order valence-electron chi connectivity index (χ2n) is 4.39. The van der Waals surface area contributed by atoms with Crippen molar-refractivity contribution in [3.63, 3.8) is 0 Å². The summed E-state index contributed by atoms with van der Waals surface area (Å²) in [5.74, 6) is -0.0588. The van der Waals surface area contributed by atoms with Crippen molar-refractivity contribution in [1.82, 2.24) is 10.2 Å². The SMILES string of the molecule is COCCC(C)(O)CNc1ccc(C(=O)OC)nn1. The molecular formula is C12H19N3O4. The van der Waals surface area contributed by atoms with Crippen molar-refractivity contribution in [3.05, 3.63) is 17.8 Å². The molecule has 1 atom stereocenters. The molecule has 19 heavy (non-hydrogen) atoms. The molecule has 0 spiro atoms. The monoisotopic (exact) mass is 269 g/mol. The van der Waals surface area contributed by atoms with E-state index < -0.39 is 11.6 Å². The predicted octanol–water partition coefficient (Wildman–Crippen LogP) is 0.463. The number of esters is 1. The van der Waals surface area contributed by atoms with Crippen molar-refractivity contribution in [3.8, 4) is 0 Å². The Kier molecular flexibility index (Phi) is 5.65. The number of anilines is 1. The van der Waals surface area contributed by atoms with Gasteiger partial charge in [-0.3, -0.25) is 0 Å². The molecule has 1 heterocycles. The number of hydrogen-bond acceptors (Lipinski definition) is 7. The largest absolute Gasteiger partial charge is 0.464 e. The number of carbonyl (C=O) groups excluding carboxylic acids is 1. The Labute approximate surface area is 111 Å². The highest BCUT2D eigenvalue weighted by molar-refractivity contribution is 5.86. The van der Waals surface area contributed by atoms with Gasteiger partial charge in [0.15, 0.2) is 5.69 Å². The molecule has 0 fully saturated rings. The third-order valence-electron chi connectivity index (χ3n) is 2.55. The van der Waals surface area contributed by atoms with E-state index in [1.54, 1.807) is 20.1 Å². The zero-order valence-corrected chi connectivity index (χ0v) is 11.3. The lowest BCUT2D eigenvalue weighted by molar-refractivity contribution is 0.0356. The van der Waals surface area contributed by atoms with Crippen molar-refractivity contribution in [2.24, 2.45) is 0 Å². The lowest BCUT2D eigenvalue weighted by Gasteiger charge is -2.23. The first-order valence-electron chi connectivity index (χ1n) is 5.86. The molecule has 106 valence electrons. The highest BCUT2D eigenvalue weighted by Gasteiger charge is 2.20. The fourth-order valence-corrected chi connectivity index (χ4v) is 1.33. The highest BCUT2D eigenvalue weighted by atomic mass is 16.5. The van der Waals surface area contributed by atoms with Crippen LogP contribution in [0, 0.1) is 0 Å². The van der Waals surface area contributed by atoms with Gasteiger partial charge >= 0.3 is 5.97 Å². The molecule has 0 bridgehead atoms. The summed E-state index contributed by atoms with van der Waals surface area (Å²) in [5, 5.41) is 20.5. The van der Waals surface area contributed by atoms with Gasteiger partial charge in [-0.05, 0) is 19.1 Å². The van der Waals surface area contributed by atoms with E-state index in [2.05, 4.69) is 20.3 Å². The molecule has 1 unspecified atom stereocenters. The van der Waals surface area contributed by atoms with Crippen LogP contribution in [0.15, 0.2) is 12.1 Å². The molecule has 0 aromatic carbocycles. The summed E-state index contributed by atoms with van der Waals surface area (Å²) < 4.78 is 9.44. The van der Waals surface area contributed by atoms with Crippen LogP contribution in [0.1, 0.15) is 23.8 Å². The Bertz CT molecular complexity index is 406. The average molecular weight is 269 g/mol. The minimum absolute atomic E-state index is 0.138. The van der Waals surface area contributed by atoms with Gasteiger partial charge in [-0.1, -0.05) is 0 Å². The van der Waals surface area contributed by atoms with Crippen molar-refractivity contribution in [2.45, 2.75) is 18.9 Å². The van der Waals surface area contributed by atoms with Crippen molar-refractivity contribution >= 4 is 11.8 Å². The zero-order valence-electron chi connectivity index (χ0n) is 11.3. The normalized spacial score (nSPS) is 13.7. The molecule has 1 rings (SSSR count). The quantitative estimate of drug-likeness (QED) is 0.694. The molecule has 2 N–H and O–H groups in total. The summed E-state index contributed by atoms with van der Waals surface area (Å²) in [5.41, 5.74) is -0.766. The second kappa shape index (κ2) is 7.01. The Hall–Kier alpha value is -1.73. The molecule has 0 saturated carbocycles. The number of hydrogen-bond donors (Lipinski definition) is 2. The predicted molar refractivity (Wildman–Crippen MR) is 69.0 cm³/mol. The number of nitrogens with zero attached hydrogens (tertiary/aromatic N) is 2. The maximum absolute atomic E-state index is 11.2. The molecule has 0 aliphatic rings. The molecule has 0 saturated heterocycles. The molecule has 7 heteroatoms. The molecule has 0 aliphatic heterocycles. The summed E-state index contributed by atoms with van der Waals surface area (Å²) in [4.78, 5) is 11.2. The van der Waals surface area contributed by atoms with Gasteiger partial charge in [-0.25, -0.2) is 4.79 Å². The molecular weight excluding hydrogens is 250 g/mol. The van der Waals surface area contributed by atoms with Crippen LogP contribution in [-0.2, 0) is 9.47 Å². The molecule has 1 aromatic rings. The summed E-state index contributed by atoms with van der Waals surface area (Å²) in [6.45, 7) is 2.49. The van der Waals surface area contributed by atoms with E-state index in [9.17, 15) is 9.90 Å². The number of aromatic nitrogens is 2. The smallest absolute Gasteiger partial charge is 0.358 e.